The SMILES string of the molecule is CC1CCC(C(C)C)C(O)C1.O=C(O)O.OCC(O)CO. The Morgan fingerprint density at radius 2 is 1.57 bits per heavy atom. The number of carbonyl (C=O) groups is 1. The van der Waals surface area contributed by atoms with Gasteiger partial charge in [0.05, 0.1) is 19.3 Å². The van der Waals surface area contributed by atoms with E-state index in [2.05, 4.69) is 20.8 Å². The number of hydrogen-bond donors (Lipinski definition) is 6. The highest BCUT2D eigenvalue weighted by atomic mass is 16.6. The van der Waals surface area contributed by atoms with Gasteiger partial charge in [0.1, 0.15) is 6.10 Å². The summed E-state index contributed by atoms with van der Waals surface area (Å²) in [5.41, 5.74) is 0. The average molecular weight is 310 g/mol. The van der Waals surface area contributed by atoms with Crippen molar-refractivity contribution in [2.75, 3.05) is 13.2 Å². The van der Waals surface area contributed by atoms with Crippen LogP contribution < -0.4 is 0 Å². The van der Waals surface area contributed by atoms with Crippen LogP contribution in [0, 0.1) is 17.8 Å². The lowest BCUT2D eigenvalue weighted by atomic mass is 9.75. The summed E-state index contributed by atoms with van der Waals surface area (Å²) < 4.78 is 0. The lowest BCUT2D eigenvalue weighted by molar-refractivity contribution is 0.0266. The first kappa shape index (κ1) is 22.4. The molecule has 0 saturated heterocycles. The summed E-state index contributed by atoms with van der Waals surface area (Å²) in [4.78, 5) is 8.56. The smallest absolute Gasteiger partial charge is 0.450 e. The molecule has 1 fully saturated rings. The largest absolute Gasteiger partial charge is 0.503 e. The van der Waals surface area contributed by atoms with Gasteiger partial charge in [0.15, 0.2) is 0 Å². The van der Waals surface area contributed by atoms with Crippen LogP contribution in [-0.2, 0) is 0 Å². The van der Waals surface area contributed by atoms with Crippen LogP contribution in [0.4, 0.5) is 4.79 Å². The molecule has 0 heterocycles. The van der Waals surface area contributed by atoms with Gasteiger partial charge in [-0.3, -0.25) is 0 Å². The predicted octanol–water partition coefficient (Wildman–Crippen LogP) is 0.994. The lowest BCUT2D eigenvalue weighted by Gasteiger charge is -2.33. The molecule has 0 bridgehead atoms. The fraction of sp³-hybridized carbons (Fsp3) is 0.929. The molecular formula is C14H30O7. The van der Waals surface area contributed by atoms with E-state index in [9.17, 15) is 5.11 Å². The minimum atomic E-state index is -1.83. The summed E-state index contributed by atoms with van der Waals surface area (Å²) in [6, 6.07) is 0. The zero-order chi connectivity index (χ0) is 17.0. The molecule has 7 heteroatoms. The molecule has 0 aromatic heterocycles. The monoisotopic (exact) mass is 310 g/mol. The molecule has 3 atom stereocenters. The van der Waals surface area contributed by atoms with Crippen molar-refractivity contribution in [3.05, 3.63) is 0 Å². The van der Waals surface area contributed by atoms with E-state index in [1.807, 2.05) is 0 Å². The Morgan fingerprint density at radius 1 is 1.14 bits per heavy atom. The molecule has 0 aromatic rings. The predicted molar refractivity (Wildman–Crippen MR) is 78.2 cm³/mol. The molecule has 0 amide bonds. The molecule has 21 heavy (non-hydrogen) atoms. The van der Waals surface area contributed by atoms with Crippen molar-refractivity contribution in [2.45, 2.75) is 52.2 Å². The molecule has 0 aromatic carbocycles. The topological polar surface area (TPSA) is 138 Å². The van der Waals surface area contributed by atoms with Crippen molar-refractivity contribution < 1.29 is 35.4 Å². The number of aliphatic hydroxyl groups excluding tert-OH is 4. The minimum absolute atomic E-state index is 0.0289. The van der Waals surface area contributed by atoms with Gasteiger partial charge in [-0.05, 0) is 30.6 Å². The molecule has 1 rings (SSSR count). The average Bonchev–Trinajstić information content (AvgIpc) is 2.37. The third kappa shape index (κ3) is 13.8. The second-order valence-corrected chi connectivity index (χ2v) is 5.69. The Morgan fingerprint density at radius 3 is 1.81 bits per heavy atom. The summed E-state index contributed by atoms with van der Waals surface area (Å²) in [6.45, 7) is 5.93. The Hall–Kier alpha value is -0.890. The van der Waals surface area contributed by atoms with Crippen LogP contribution in [0.2, 0.25) is 0 Å². The summed E-state index contributed by atoms with van der Waals surface area (Å²) in [5.74, 6) is 1.95. The molecule has 6 N–H and O–H groups in total. The minimum Gasteiger partial charge on any atom is -0.450 e. The van der Waals surface area contributed by atoms with Gasteiger partial charge < -0.3 is 30.6 Å². The normalized spacial score (nSPS) is 24.7. The first-order valence-electron chi connectivity index (χ1n) is 7.15. The van der Waals surface area contributed by atoms with Crippen LogP contribution in [0.1, 0.15) is 40.0 Å². The highest BCUT2D eigenvalue weighted by Crippen LogP contribution is 2.33. The Kier molecular flexibility index (Phi) is 13.7. The van der Waals surface area contributed by atoms with E-state index in [-0.39, 0.29) is 19.3 Å². The quantitative estimate of drug-likeness (QED) is 0.457. The third-order valence-electron chi connectivity index (χ3n) is 3.41. The van der Waals surface area contributed by atoms with Gasteiger partial charge in [0.2, 0.25) is 0 Å². The van der Waals surface area contributed by atoms with Gasteiger partial charge in [-0.1, -0.05) is 27.2 Å². The Labute approximate surface area is 125 Å². The van der Waals surface area contributed by atoms with Crippen LogP contribution in [-0.4, -0.2) is 62.2 Å². The van der Waals surface area contributed by atoms with Crippen molar-refractivity contribution in [3.63, 3.8) is 0 Å². The van der Waals surface area contributed by atoms with Crippen molar-refractivity contribution in [3.8, 4) is 0 Å². The molecule has 7 nitrogen and oxygen atoms in total. The van der Waals surface area contributed by atoms with E-state index in [0.29, 0.717) is 11.8 Å². The van der Waals surface area contributed by atoms with Crippen LogP contribution >= 0.6 is 0 Å². The first-order chi connectivity index (χ1) is 9.65. The second-order valence-electron chi connectivity index (χ2n) is 5.69. The van der Waals surface area contributed by atoms with Crippen LogP contribution in [0.3, 0.4) is 0 Å². The molecule has 0 aliphatic heterocycles. The number of rotatable bonds is 3. The van der Waals surface area contributed by atoms with Gasteiger partial charge in [-0.2, -0.15) is 0 Å². The van der Waals surface area contributed by atoms with Gasteiger partial charge in [0.25, 0.3) is 0 Å². The van der Waals surface area contributed by atoms with Gasteiger partial charge in [-0.15, -0.1) is 0 Å². The zero-order valence-electron chi connectivity index (χ0n) is 13.0. The van der Waals surface area contributed by atoms with Gasteiger partial charge in [0, 0.05) is 0 Å². The second kappa shape index (κ2) is 12.8. The molecular weight excluding hydrogens is 280 g/mol. The zero-order valence-corrected chi connectivity index (χ0v) is 13.0. The van der Waals surface area contributed by atoms with E-state index < -0.39 is 12.3 Å². The van der Waals surface area contributed by atoms with E-state index in [4.69, 9.17) is 30.3 Å². The summed E-state index contributed by atoms with van der Waals surface area (Å²) >= 11 is 0. The van der Waals surface area contributed by atoms with E-state index in [1.165, 1.54) is 12.8 Å². The molecule has 3 unspecified atom stereocenters. The molecule has 0 radical (unpaired) electrons. The van der Waals surface area contributed by atoms with Crippen molar-refractivity contribution >= 4 is 6.16 Å². The molecule has 128 valence electrons. The fourth-order valence-corrected chi connectivity index (χ4v) is 2.21. The summed E-state index contributed by atoms with van der Waals surface area (Å²) in [5, 5.41) is 47.7. The lowest BCUT2D eigenvalue weighted by Crippen LogP contribution is -2.31. The van der Waals surface area contributed by atoms with Crippen LogP contribution in [0.25, 0.3) is 0 Å². The Balaban J connectivity index is 0. The molecule has 1 aliphatic carbocycles. The standard InChI is InChI=1S/C10H20O.C3H8O3.CH2O3/c1-7(2)9-5-4-8(3)6-10(9)11;4-1-3(6)2-5;2-1(3)4/h7-11H,4-6H2,1-3H3;3-6H,1-2H2;(H2,2,3,4). The maximum absolute atomic E-state index is 9.71. The fourth-order valence-electron chi connectivity index (χ4n) is 2.21. The van der Waals surface area contributed by atoms with E-state index >= 15 is 0 Å². The molecule has 1 aliphatic rings. The Bertz CT molecular complexity index is 250. The summed E-state index contributed by atoms with van der Waals surface area (Å²) in [6.07, 6.45) is 0.728. The van der Waals surface area contributed by atoms with Gasteiger partial charge in [-0.25, -0.2) is 4.79 Å². The maximum atomic E-state index is 9.71. The third-order valence-corrected chi connectivity index (χ3v) is 3.41. The molecule has 0 spiro atoms. The van der Waals surface area contributed by atoms with E-state index in [0.717, 1.165) is 12.3 Å². The van der Waals surface area contributed by atoms with Crippen molar-refractivity contribution in [1.82, 2.24) is 0 Å². The van der Waals surface area contributed by atoms with E-state index in [1.54, 1.807) is 0 Å². The number of carboxylic acid groups (broad SMARTS) is 2. The van der Waals surface area contributed by atoms with Crippen molar-refractivity contribution in [2.24, 2.45) is 17.8 Å². The van der Waals surface area contributed by atoms with Crippen molar-refractivity contribution in [1.29, 1.82) is 0 Å². The summed E-state index contributed by atoms with van der Waals surface area (Å²) in [7, 11) is 0. The maximum Gasteiger partial charge on any atom is 0.503 e. The van der Waals surface area contributed by atoms with Crippen LogP contribution in [0.5, 0.6) is 0 Å². The highest BCUT2D eigenvalue weighted by Gasteiger charge is 2.28. The number of hydrogen-bond acceptors (Lipinski definition) is 5. The first-order valence-corrected chi connectivity index (χ1v) is 7.15. The molecule has 1 saturated carbocycles. The highest BCUT2D eigenvalue weighted by molar-refractivity contribution is 5.53. The number of aliphatic hydroxyl groups is 4. The van der Waals surface area contributed by atoms with Gasteiger partial charge >= 0.3 is 6.16 Å². The van der Waals surface area contributed by atoms with Crippen LogP contribution in [0.15, 0.2) is 0 Å².